The van der Waals surface area contributed by atoms with E-state index in [1.165, 1.54) is 0 Å². The monoisotopic (exact) mass is 194 g/mol. The van der Waals surface area contributed by atoms with E-state index < -0.39 is 6.01 Å². The predicted octanol–water partition coefficient (Wildman–Crippen LogP) is 2.74. The molecule has 0 aromatic heterocycles. The molecule has 3 heteroatoms. The minimum atomic E-state index is -0.604. The number of hydrogen-bond donors (Lipinski definition) is 0. The second-order valence-electron chi connectivity index (χ2n) is 1.29. The molecule has 0 aliphatic carbocycles. The molecular weight excluding hydrogens is 187 g/mol. The van der Waals surface area contributed by atoms with Gasteiger partial charge in [0.1, 0.15) is 6.61 Å². The second kappa shape index (κ2) is 5.82. The van der Waals surface area contributed by atoms with Crippen LogP contribution in [-0.4, -0.2) is 6.61 Å². The van der Waals surface area contributed by atoms with Crippen molar-refractivity contribution in [3.05, 3.63) is 23.2 Å². The molecule has 0 aliphatic rings. The van der Waals surface area contributed by atoms with Crippen LogP contribution in [0.3, 0.4) is 0 Å². The van der Waals surface area contributed by atoms with E-state index in [-0.39, 0.29) is 6.61 Å². The van der Waals surface area contributed by atoms with Gasteiger partial charge in [0.25, 0.3) is 6.01 Å². The molecule has 0 heterocycles. The summed E-state index contributed by atoms with van der Waals surface area (Å²) in [5.41, 5.74) is 0. The standard InChI is InChI=1S/C6H8BrFO/c1-2-3-4-9-6(8)5-7/h2-3,5H,4H2,1H3/b3-2+,6-5+. The van der Waals surface area contributed by atoms with Gasteiger partial charge in [-0.3, -0.25) is 0 Å². The maximum atomic E-state index is 12.0. The molecule has 1 nitrogen and oxygen atoms in total. The first-order valence-electron chi connectivity index (χ1n) is 2.51. The van der Waals surface area contributed by atoms with Crippen LogP contribution in [0, 0.1) is 0 Å². The van der Waals surface area contributed by atoms with Gasteiger partial charge < -0.3 is 4.74 Å². The smallest absolute Gasteiger partial charge is 0.280 e. The first-order chi connectivity index (χ1) is 4.31. The molecule has 0 atom stereocenters. The summed E-state index contributed by atoms with van der Waals surface area (Å²) in [5, 5.41) is 0. The lowest BCUT2D eigenvalue weighted by molar-refractivity contribution is 0.172. The van der Waals surface area contributed by atoms with Crippen molar-refractivity contribution in [1.29, 1.82) is 0 Å². The summed E-state index contributed by atoms with van der Waals surface area (Å²) in [6.07, 6.45) is 3.51. The molecule has 0 aromatic rings. The zero-order valence-corrected chi connectivity index (χ0v) is 6.69. The van der Waals surface area contributed by atoms with Crippen molar-refractivity contribution in [3.63, 3.8) is 0 Å². The van der Waals surface area contributed by atoms with Gasteiger partial charge in [0.05, 0.1) is 4.99 Å². The highest BCUT2D eigenvalue weighted by molar-refractivity contribution is 9.11. The summed E-state index contributed by atoms with van der Waals surface area (Å²) in [5.74, 6) is 0. The van der Waals surface area contributed by atoms with Gasteiger partial charge in [-0.1, -0.05) is 28.1 Å². The highest BCUT2D eigenvalue weighted by atomic mass is 79.9. The molecule has 0 saturated carbocycles. The fourth-order valence-corrected chi connectivity index (χ4v) is 0.388. The molecule has 0 unspecified atom stereocenters. The minimum absolute atomic E-state index is 0.282. The molecule has 0 spiro atoms. The van der Waals surface area contributed by atoms with E-state index in [0.29, 0.717) is 0 Å². The number of allylic oxidation sites excluding steroid dienone is 1. The minimum Gasteiger partial charge on any atom is -0.466 e. The van der Waals surface area contributed by atoms with Crippen LogP contribution in [0.5, 0.6) is 0 Å². The van der Waals surface area contributed by atoms with Crippen LogP contribution in [-0.2, 0) is 4.74 Å². The van der Waals surface area contributed by atoms with Gasteiger partial charge in [-0.05, 0) is 6.92 Å². The Morgan fingerprint density at radius 2 is 2.44 bits per heavy atom. The lowest BCUT2D eigenvalue weighted by atomic mass is 10.6. The Hall–Kier alpha value is -0.310. The van der Waals surface area contributed by atoms with Gasteiger partial charge in [0.2, 0.25) is 0 Å². The zero-order chi connectivity index (χ0) is 7.11. The molecule has 9 heavy (non-hydrogen) atoms. The van der Waals surface area contributed by atoms with E-state index in [2.05, 4.69) is 20.7 Å². The fraction of sp³-hybridized carbons (Fsp3) is 0.333. The third-order valence-electron chi connectivity index (χ3n) is 0.639. The average molecular weight is 195 g/mol. The first kappa shape index (κ1) is 8.69. The summed E-state index contributed by atoms with van der Waals surface area (Å²) < 4.78 is 16.5. The normalized spacial score (nSPS) is 12.6. The first-order valence-corrected chi connectivity index (χ1v) is 3.42. The largest absolute Gasteiger partial charge is 0.466 e. The average Bonchev–Trinajstić information content (AvgIpc) is 1.89. The maximum Gasteiger partial charge on any atom is 0.280 e. The van der Waals surface area contributed by atoms with Gasteiger partial charge in [-0.2, -0.15) is 4.39 Å². The van der Waals surface area contributed by atoms with E-state index in [1.807, 2.05) is 6.92 Å². The van der Waals surface area contributed by atoms with Crippen molar-refractivity contribution in [3.8, 4) is 0 Å². The quantitative estimate of drug-likeness (QED) is 0.496. The highest BCUT2D eigenvalue weighted by Crippen LogP contribution is 2.01. The number of ether oxygens (including phenoxy) is 1. The summed E-state index contributed by atoms with van der Waals surface area (Å²) in [4.78, 5) is 1.09. The van der Waals surface area contributed by atoms with Crippen molar-refractivity contribution in [2.75, 3.05) is 6.61 Å². The van der Waals surface area contributed by atoms with Crippen molar-refractivity contribution in [2.45, 2.75) is 6.92 Å². The zero-order valence-electron chi connectivity index (χ0n) is 5.10. The van der Waals surface area contributed by atoms with Crippen LogP contribution < -0.4 is 0 Å². The summed E-state index contributed by atoms with van der Waals surface area (Å²) in [6.45, 7) is 2.13. The van der Waals surface area contributed by atoms with Crippen molar-refractivity contribution in [1.82, 2.24) is 0 Å². The molecule has 0 radical (unpaired) electrons. The van der Waals surface area contributed by atoms with Crippen LogP contribution in [0.15, 0.2) is 23.2 Å². The number of hydrogen-bond acceptors (Lipinski definition) is 1. The Balaban J connectivity index is 3.28. The van der Waals surface area contributed by atoms with E-state index in [0.717, 1.165) is 4.99 Å². The van der Waals surface area contributed by atoms with Crippen molar-refractivity contribution in [2.24, 2.45) is 0 Å². The molecule has 52 valence electrons. The SMILES string of the molecule is C/C=C/CO/C(F)=C/Br. The van der Waals surface area contributed by atoms with Crippen molar-refractivity contribution >= 4 is 15.9 Å². The fourth-order valence-electron chi connectivity index (χ4n) is 0.255. The molecule has 0 N–H and O–H groups in total. The molecule has 0 bridgehead atoms. The van der Waals surface area contributed by atoms with Crippen LogP contribution in [0.2, 0.25) is 0 Å². The van der Waals surface area contributed by atoms with Gasteiger partial charge in [0.15, 0.2) is 0 Å². The predicted molar refractivity (Wildman–Crippen MR) is 38.9 cm³/mol. The number of rotatable bonds is 3. The maximum absolute atomic E-state index is 12.0. The van der Waals surface area contributed by atoms with Crippen LogP contribution in [0.25, 0.3) is 0 Å². The molecule has 0 aromatic carbocycles. The van der Waals surface area contributed by atoms with Crippen LogP contribution >= 0.6 is 15.9 Å². The third-order valence-corrected chi connectivity index (χ3v) is 0.999. The van der Waals surface area contributed by atoms with Gasteiger partial charge in [0, 0.05) is 0 Å². The Labute approximate surface area is 62.3 Å². The lowest BCUT2D eigenvalue weighted by Gasteiger charge is -1.94. The Kier molecular flexibility index (Phi) is 5.62. The van der Waals surface area contributed by atoms with Crippen LogP contribution in [0.4, 0.5) is 4.39 Å². The second-order valence-corrected chi connectivity index (χ2v) is 1.75. The Morgan fingerprint density at radius 3 is 2.89 bits per heavy atom. The third kappa shape index (κ3) is 5.56. The van der Waals surface area contributed by atoms with E-state index >= 15 is 0 Å². The van der Waals surface area contributed by atoms with E-state index in [9.17, 15) is 4.39 Å². The van der Waals surface area contributed by atoms with E-state index in [1.54, 1.807) is 12.2 Å². The molecule has 0 aliphatic heterocycles. The van der Waals surface area contributed by atoms with Crippen molar-refractivity contribution < 1.29 is 9.13 Å². The van der Waals surface area contributed by atoms with E-state index in [4.69, 9.17) is 0 Å². The molecule has 0 amide bonds. The Morgan fingerprint density at radius 1 is 1.78 bits per heavy atom. The van der Waals surface area contributed by atoms with Gasteiger partial charge >= 0.3 is 0 Å². The molecular formula is C6H8BrFO. The summed E-state index contributed by atoms with van der Waals surface area (Å²) >= 11 is 2.78. The lowest BCUT2D eigenvalue weighted by Crippen LogP contribution is -1.84. The van der Waals surface area contributed by atoms with Crippen LogP contribution in [0.1, 0.15) is 6.92 Å². The number of halogens is 2. The molecule has 0 fully saturated rings. The Bertz CT molecular complexity index is 120. The summed E-state index contributed by atoms with van der Waals surface area (Å²) in [6, 6.07) is -0.604. The van der Waals surface area contributed by atoms with Gasteiger partial charge in [-0.25, -0.2) is 0 Å². The topological polar surface area (TPSA) is 9.23 Å². The molecule has 0 rings (SSSR count). The molecule has 0 saturated heterocycles. The summed E-state index contributed by atoms with van der Waals surface area (Å²) in [7, 11) is 0. The highest BCUT2D eigenvalue weighted by Gasteiger charge is 1.87. The van der Waals surface area contributed by atoms with Gasteiger partial charge in [-0.15, -0.1) is 0 Å².